The number of rotatable bonds is 5. The summed E-state index contributed by atoms with van der Waals surface area (Å²) in [6, 6.07) is 3.89. The number of morpholine rings is 1. The van der Waals surface area contributed by atoms with Crippen LogP contribution >= 0.6 is 0 Å². The molecule has 0 bridgehead atoms. The molecule has 5 heteroatoms. The standard InChI is InChI=1S/C15H19F2NO2/c1-2-6-18-7-8-20-14(10-18)13(19)9-11-4-3-5-12(16)15(11)17/h3-5,14H,2,6-10H2,1H3. The third-order valence-electron chi connectivity index (χ3n) is 3.45. The van der Waals surface area contributed by atoms with Crippen LogP contribution in [0.5, 0.6) is 0 Å². The Hall–Kier alpha value is -1.33. The number of nitrogens with zero attached hydrogens (tertiary/aromatic N) is 1. The van der Waals surface area contributed by atoms with E-state index in [1.807, 2.05) is 0 Å². The Bertz CT molecular complexity index is 477. The lowest BCUT2D eigenvalue weighted by Crippen LogP contribution is -2.46. The SMILES string of the molecule is CCCN1CCOC(C(=O)Cc2cccc(F)c2F)C1. The molecule has 0 aliphatic carbocycles. The van der Waals surface area contributed by atoms with Crippen LogP contribution in [0, 0.1) is 11.6 Å². The lowest BCUT2D eigenvalue weighted by atomic mass is 10.0. The Morgan fingerprint density at radius 2 is 2.25 bits per heavy atom. The van der Waals surface area contributed by atoms with Gasteiger partial charge in [-0.3, -0.25) is 9.69 Å². The second kappa shape index (κ2) is 6.90. The average Bonchev–Trinajstić information content (AvgIpc) is 2.44. The number of hydrogen-bond donors (Lipinski definition) is 0. The van der Waals surface area contributed by atoms with E-state index in [0.29, 0.717) is 13.2 Å². The van der Waals surface area contributed by atoms with Gasteiger partial charge in [-0.15, -0.1) is 0 Å². The maximum atomic E-state index is 13.5. The van der Waals surface area contributed by atoms with Gasteiger partial charge in [0.1, 0.15) is 6.10 Å². The van der Waals surface area contributed by atoms with Gasteiger partial charge in [0.25, 0.3) is 0 Å². The summed E-state index contributed by atoms with van der Waals surface area (Å²) in [5, 5.41) is 0. The summed E-state index contributed by atoms with van der Waals surface area (Å²) >= 11 is 0. The molecule has 1 aliphatic rings. The van der Waals surface area contributed by atoms with Crippen molar-refractivity contribution in [2.45, 2.75) is 25.9 Å². The minimum absolute atomic E-state index is 0.0891. The second-order valence-corrected chi connectivity index (χ2v) is 5.02. The highest BCUT2D eigenvalue weighted by molar-refractivity contribution is 5.85. The molecule has 110 valence electrons. The first kappa shape index (κ1) is 15.1. The fourth-order valence-electron chi connectivity index (χ4n) is 2.40. The molecular weight excluding hydrogens is 264 g/mol. The maximum Gasteiger partial charge on any atom is 0.167 e. The highest BCUT2D eigenvalue weighted by Crippen LogP contribution is 2.15. The molecule has 0 spiro atoms. The quantitative estimate of drug-likeness (QED) is 0.829. The smallest absolute Gasteiger partial charge is 0.167 e. The van der Waals surface area contributed by atoms with E-state index in [1.165, 1.54) is 12.1 Å². The van der Waals surface area contributed by atoms with Gasteiger partial charge in [-0.1, -0.05) is 19.1 Å². The number of ketones is 1. The molecule has 0 saturated carbocycles. The lowest BCUT2D eigenvalue weighted by Gasteiger charge is -2.31. The Morgan fingerprint density at radius 3 is 3.00 bits per heavy atom. The van der Waals surface area contributed by atoms with Crippen LogP contribution in [0.25, 0.3) is 0 Å². The van der Waals surface area contributed by atoms with Gasteiger partial charge in [0.2, 0.25) is 0 Å². The third kappa shape index (κ3) is 3.61. The number of ether oxygens (including phenoxy) is 1. The van der Waals surface area contributed by atoms with Crippen molar-refractivity contribution in [3.05, 3.63) is 35.4 Å². The Labute approximate surface area is 117 Å². The van der Waals surface area contributed by atoms with Crippen LogP contribution in [0.3, 0.4) is 0 Å². The number of Topliss-reactive ketones (excluding diaryl/α,β-unsaturated/α-hetero) is 1. The largest absolute Gasteiger partial charge is 0.368 e. The van der Waals surface area contributed by atoms with E-state index in [0.717, 1.165) is 25.6 Å². The molecular formula is C15H19F2NO2. The first-order chi connectivity index (χ1) is 9.61. The molecule has 1 atom stereocenters. The first-order valence-corrected chi connectivity index (χ1v) is 6.91. The fourth-order valence-corrected chi connectivity index (χ4v) is 2.40. The third-order valence-corrected chi connectivity index (χ3v) is 3.45. The molecule has 1 unspecified atom stereocenters. The minimum atomic E-state index is -0.943. The van der Waals surface area contributed by atoms with Crippen molar-refractivity contribution in [3.8, 4) is 0 Å². The number of carbonyl (C=O) groups excluding carboxylic acids is 1. The van der Waals surface area contributed by atoms with E-state index in [4.69, 9.17) is 4.74 Å². The Morgan fingerprint density at radius 1 is 1.45 bits per heavy atom. The summed E-state index contributed by atoms with van der Waals surface area (Å²) in [4.78, 5) is 14.3. The highest BCUT2D eigenvalue weighted by atomic mass is 19.2. The predicted molar refractivity (Wildman–Crippen MR) is 71.5 cm³/mol. The maximum absolute atomic E-state index is 13.5. The minimum Gasteiger partial charge on any atom is -0.368 e. The molecule has 0 aromatic heterocycles. The normalized spacial score (nSPS) is 20.1. The van der Waals surface area contributed by atoms with Crippen molar-refractivity contribution in [1.29, 1.82) is 0 Å². The molecule has 1 heterocycles. The molecule has 1 fully saturated rings. The molecule has 1 aromatic carbocycles. The van der Waals surface area contributed by atoms with Crippen molar-refractivity contribution in [2.75, 3.05) is 26.2 Å². The molecule has 0 radical (unpaired) electrons. The van der Waals surface area contributed by atoms with Crippen molar-refractivity contribution < 1.29 is 18.3 Å². The summed E-state index contributed by atoms with van der Waals surface area (Å²) < 4.78 is 32.1. The molecule has 3 nitrogen and oxygen atoms in total. The van der Waals surface area contributed by atoms with E-state index in [2.05, 4.69) is 11.8 Å². The number of halogens is 2. The number of hydrogen-bond acceptors (Lipinski definition) is 3. The van der Waals surface area contributed by atoms with Gasteiger partial charge in [0.05, 0.1) is 6.61 Å². The molecule has 1 saturated heterocycles. The van der Waals surface area contributed by atoms with Gasteiger partial charge in [0, 0.05) is 19.5 Å². The molecule has 20 heavy (non-hydrogen) atoms. The van der Waals surface area contributed by atoms with E-state index in [9.17, 15) is 13.6 Å². The van der Waals surface area contributed by atoms with Crippen LogP contribution in [0.1, 0.15) is 18.9 Å². The molecule has 2 rings (SSSR count). The second-order valence-electron chi connectivity index (χ2n) is 5.02. The fraction of sp³-hybridized carbons (Fsp3) is 0.533. The average molecular weight is 283 g/mol. The summed E-state index contributed by atoms with van der Waals surface area (Å²) in [5.41, 5.74) is 0.0891. The van der Waals surface area contributed by atoms with Gasteiger partial charge in [0.15, 0.2) is 17.4 Å². The van der Waals surface area contributed by atoms with Crippen LogP contribution < -0.4 is 0 Å². The van der Waals surface area contributed by atoms with E-state index in [-0.39, 0.29) is 17.8 Å². The monoisotopic (exact) mass is 283 g/mol. The van der Waals surface area contributed by atoms with Crippen LogP contribution in [-0.4, -0.2) is 43.0 Å². The summed E-state index contributed by atoms with van der Waals surface area (Å²) in [6.45, 7) is 4.84. The topological polar surface area (TPSA) is 29.5 Å². The zero-order chi connectivity index (χ0) is 14.5. The van der Waals surface area contributed by atoms with Crippen molar-refractivity contribution >= 4 is 5.78 Å². The van der Waals surface area contributed by atoms with Crippen LogP contribution in [-0.2, 0) is 16.0 Å². The van der Waals surface area contributed by atoms with E-state index < -0.39 is 17.7 Å². The molecule has 0 N–H and O–H groups in total. The van der Waals surface area contributed by atoms with Gasteiger partial charge in [-0.25, -0.2) is 8.78 Å². The van der Waals surface area contributed by atoms with Crippen molar-refractivity contribution in [1.82, 2.24) is 4.90 Å². The molecule has 1 aromatic rings. The summed E-state index contributed by atoms with van der Waals surface area (Å²) in [6.07, 6.45) is 0.339. The zero-order valence-electron chi connectivity index (χ0n) is 11.6. The molecule has 1 aliphatic heterocycles. The van der Waals surface area contributed by atoms with Gasteiger partial charge >= 0.3 is 0 Å². The summed E-state index contributed by atoms with van der Waals surface area (Å²) in [5.74, 6) is -2.06. The lowest BCUT2D eigenvalue weighted by molar-refractivity contribution is -0.135. The zero-order valence-corrected chi connectivity index (χ0v) is 11.6. The number of benzene rings is 1. The van der Waals surface area contributed by atoms with Crippen LogP contribution in [0.4, 0.5) is 8.78 Å². The van der Waals surface area contributed by atoms with Crippen molar-refractivity contribution in [2.24, 2.45) is 0 Å². The van der Waals surface area contributed by atoms with Crippen molar-refractivity contribution in [3.63, 3.8) is 0 Å². The van der Waals surface area contributed by atoms with Crippen LogP contribution in [0.15, 0.2) is 18.2 Å². The summed E-state index contributed by atoms with van der Waals surface area (Å²) in [7, 11) is 0. The van der Waals surface area contributed by atoms with Gasteiger partial charge < -0.3 is 4.74 Å². The van der Waals surface area contributed by atoms with Gasteiger partial charge in [-0.2, -0.15) is 0 Å². The van der Waals surface area contributed by atoms with E-state index in [1.54, 1.807) is 0 Å². The first-order valence-electron chi connectivity index (χ1n) is 6.91. The predicted octanol–water partition coefficient (Wildman–Crippen LogP) is 2.19. The highest BCUT2D eigenvalue weighted by Gasteiger charge is 2.26. The van der Waals surface area contributed by atoms with Crippen LogP contribution in [0.2, 0.25) is 0 Å². The Balaban J connectivity index is 1.99. The molecule has 0 amide bonds. The van der Waals surface area contributed by atoms with Gasteiger partial charge in [-0.05, 0) is 24.6 Å². The number of carbonyl (C=O) groups is 1. The van der Waals surface area contributed by atoms with E-state index >= 15 is 0 Å². The Kier molecular flexibility index (Phi) is 5.20.